The van der Waals surface area contributed by atoms with Crippen molar-refractivity contribution < 1.29 is 14.3 Å². The quantitative estimate of drug-likeness (QED) is 0.516. The van der Waals surface area contributed by atoms with Crippen molar-refractivity contribution in [2.24, 2.45) is 0 Å². The SMILES string of the molecule is COC(=O)c1ccc(/C=C(\C(=O)NC2CC2)c2ccc(C)cc2)cc1. The van der Waals surface area contributed by atoms with E-state index in [1.165, 1.54) is 7.11 Å². The summed E-state index contributed by atoms with van der Waals surface area (Å²) in [4.78, 5) is 24.2. The summed E-state index contributed by atoms with van der Waals surface area (Å²) in [6, 6.07) is 15.2. The molecular weight excluding hydrogens is 314 g/mol. The predicted molar refractivity (Wildman–Crippen MR) is 98.0 cm³/mol. The smallest absolute Gasteiger partial charge is 0.337 e. The minimum atomic E-state index is -0.374. The van der Waals surface area contributed by atoms with E-state index in [1.807, 2.05) is 49.4 Å². The molecule has 0 saturated heterocycles. The second-order valence-corrected chi connectivity index (χ2v) is 6.29. The van der Waals surface area contributed by atoms with Crippen LogP contribution in [0.4, 0.5) is 0 Å². The zero-order valence-corrected chi connectivity index (χ0v) is 14.4. The van der Waals surface area contributed by atoms with E-state index in [0.29, 0.717) is 17.2 Å². The van der Waals surface area contributed by atoms with E-state index in [0.717, 1.165) is 29.5 Å². The van der Waals surface area contributed by atoms with Gasteiger partial charge in [0, 0.05) is 11.6 Å². The average Bonchev–Trinajstić information content (AvgIpc) is 3.44. The Labute approximate surface area is 147 Å². The number of rotatable bonds is 5. The molecule has 0 aromatic heterocycles. The first-order chi connectivity index (χ1) is 12.1. The number of ether oxygens (including phenoxy) is 1. The summed E-state index contributed by atoms with van der Waals surface area (Å²) in [6.45, 7) is 2.02. The minimum absolute atomic E-state index is 0.0663. The maximum atomic E-state index is 12.7. The molecule has 0 radical (unpaired) electrons. The number of esters is 1. The van der Waals surface area contributed by atoms with Crippen LogP contribution in [0.3, 0.4) is 0 Å². The second kappa shape index (κ2) is 7.34. The van der Waals surface area contributed by atoms with Crippen molar-refractivity contribution in [3.05, 3.63) is 70.8 Å². The van der Waals surface area contributed by atoms with Crippen LogP contribution in [-0.4, -0.2) is 25.0 Å². The van der Waals surface area contributed by atoms with Gasteiger partial charge in [0.25, 0.3) is 5.91 Å². The molecule has 0 unspecified atom stereocenters. The summed E-state index contributed by atoms with van der Waals surface area (Å²) in [5, 5.41) is 3.04. The molecular formula is C21H21NO3. The zero-order valence-electron chi connectivity index (χ0n) is 14.4. The summed E-state index contributed by atoms with van der Waals surface area (Å²) >= 11 is 0. The van der Waals surface area contributed by atoms with Gasteiger partial charge >= 0.3 is 5.97 Å². The van der Waals surface area contributed by atoms with Gasteiger partial charge in [-0.25, -0.2) is 4.79 Å². The molecule has 0 aliphatic heterocycles. The third-order valence-electron chi connectivity index (χ3n) is 4.16. The lowest BCUT2D eigenvalue weighted by Crippen LogP contribution is -2.26. The first-order valence-electron chi connectivity index (χ1n) is 8.35. The van der Waals surface area contributed by atoms with Crippen LogP contribution in [0.15, 0.2) is 48.5 Å². The molecule has 4 heteroatoms. The molecule has 2 aromatic carbocycles. The monoisotopic (exact) mass is 335 g/mol. The molecule has 4 nitrogen and oxygen atoms in total. The largest absolute Gasteiger partial charge is 0.465 e. The first-order valence-corrected chi connectivity index (χ1v) is 8.35. The van der Waals surface area contributed by atoms with Gasteiger partial charge in [0.2, 0.25) is 0 Å². The third kappa shape index (κ3) is 4.35. The molecule has 1 saturated carbocycles. The summed E-state index contributed by atoms with van der Waals surface area (Å²) in [5.41, 5.74) is 3.99. The van der Waals surface area contributed by atoms with Crippen LogP contribution < -0.4 is 5.32 Å². The number of carbonyl (C=O) groups is 2. The lowest BCUT2D eigenvalue weighted by molar-refractivity contribution is -0.115. The molecule has 25 heavy (non-hydrogen) atoms. The van der Waals surface area contributed by atoms with E-state index in [4.69, 9.17) is 4.74 Å². The molecule has 3 rings (SSSR count). The number of nitrogens with one attached hydrogen (secondary N) is 1. The van der Waals surface area contributed by atoms with Gasteiger partial charge in [-0.3, -0.25) is 4.79 Å². The molecule has 128 valence electrons. The topological polar surface area (TPSA) is 55.4 Å². The fourth-order valence-electron chi connectivity index (χ4n) is 2.50. The second-order valence-electron chi connectivity index (χ2n) is 6.29. The number of carbonyl (C=O) groups excluding carboxylic acids is 2. The van der Waals surface area contributed by atoms with Crippen LogP contribution in [0.2, 0.25) is 0 Å². The maximum absolute atomic E-state index is 12.7. The van der Waals surface area contributed by atoms with Gasteiger partial charge in [0.05, 0.1) is 12.7 Å². The Balaban J connectivity index is 1.92. The lowest BCUT2D eigenvalue weighted by Gasteiger charge is -2.10. The van der Waals surface area contributed by atoms with Crippen LogP contribution in [-0.2, 0) is 9.53 Å². The number of benzene rings is 2. The molecule has 0 spiro atoms. The molecule has 1 amide bonds. The highest BCUT2D eigenvalue weighted by molar-refractivity contribution is 6.24. The zero-order chi connectivity index (χ0) is 17.8. The fraction of sp³-hybridized carbons (Fsp3) is 0.238. The van der Waals surface area contributed by atoms with Crippen molar-refractivity contribution in [3.63, 3.8) is 0 Å². The summed E-state index contributed by atoms with van der Waals surface area (Å²) in [6.07, 6.45) is 3.94. The maximum Gasteiger partial charge on any atom is 0.337 e. The van der Waals surface area contributed by atoms with Crippen molar-refractivity contribution in [1.82, 2.24) is 5.32 Å². The summed E-state index contributed by atoms with van der Waals surface area (Å²) < 4.78 is 4.71. The minimum Gasteiger partial charge on any atom is -0.465 e. The predicted octanol–water partition coefficient (Wildman–Crippen LogP) is 3.60. The first kappa shape index (κ1) is 17.0. The Hall–Kier alpha value is -2.88. The Morgan fingerprint density at radius 3 is 2.16 bits per heavy atom. The van der Waals surface area contributed by atoms with E-state index in [1.54, 1.807) is 12.1 Å². The van der Waals surface area contributed by atoms with E-state index < -0.39 is 0 Å². The highest BCUT2D eigenvalue weighted by Crippen LogP contribution is 2.24. The standard InChI is InChI=1S/C21H21NO3/c1-14-3-7-16(8-4-14)19(20(23)22-18-11-12-18)13-15-5-9-17(10-6-15)21(24)25-2/h3-10,13,18H,11-12H2,1-2H3,(H,22,23)/b19-13-. The van der Waals surface area contributed by atoms with Gasteiger partial charge < -0.3 is 10.1 Å². The Morgan fingerprint density at radius 2 is 1.60 bits per heavy atom. The molecule has 0 bridgehead atoms. The molecule has 0 atom stereocenters. The van der Waals surface area contributed by atoms with E-state index in [-0.39, 0.29) is 11.9 Å². The lowest BCUT2D eigenvalue weighted by atomic mass is 10.00. The van der Waals surface area contributed by atoms with Crippen molar-refractivity contribution in [1.29, 1.82) is 0 Å². The van der Waals surface area contributed by atoms with E-state index in [9.17, 15) is 9.59 Å². The van der Waals surface area contributed by atoms with Gasteiger partial charge in [0.1, 0.15) is 0 Å². The number of hydrogen-bond acceptors (Lipinski definition) is 3. The van der Waals surface area contributed by atoms with Crippen molar-refractivity contribution >= 4 is 23.5 Å². The number of hydrogen-bond donors (Lipinski definition) is 1. The Morgan fingerprint density at radius 1 is 1.00 bits per heavy atom. The van der Waals surface area contributed by atoms with Gasteiger partial charge in [-0.15, -0.1) is 0 Å². The van der Waals surface area contributed by atoms with Crippen LogP contribution in [0, 0.1) is 6.92 Å². The van der Waals surface area contributed by atoms with Crippen LogP contribution in [0.5, 0.6) is 0 Å². The molecule has 1 N–H and O–H groups in total. The average molecular weight is 335 g/mol. The van der Waals surface area contributed by atoms with Gasteiger partial charge in [-0.05, 0) is 49.1 Å². The van der Waals surface area contributed by atoms with Gasteiger partial charge in [-0.1, -0.05) is 42.0 Å². The summed E-state index contributed by atoms with van der Waals surface area (Å²) in [7, 11) is 1.36. The highest BCUT2D eigenvalue weighted by atomic mass is 16.5. The van der Waals surface area contributed by atoms with Crippen LogP contribution >= 0.6 is 0 Å². The fourth-order valence-corrected chi connectivity index (χ4v) is 2.50. The number of amides is 1. The Bertz CT molecular complexity index is 800. The van der Waals surface area contributed by atoms with E-state index >= 15 is 0 Å². The van der Waals surface area contributed by atoms with Crippen LogP contribution in [0.25, 0.3) is 11.6 Å². The summed E-state index contributed by atoms with van der Waals surface area (Å²) in [5.74, 6) is -0.441. The molecule has 1 fully saturated rings. The molecule has 0 heterocycles. The molecule has 1 aliphatic carbocycles. The number of aryl methyl sites for hydroxylation is 1. The normalized spacial score (nSPS) is 14.1. The Kier molecular flexibility index (Phi) is 4.98. The van der Waals surface area contributed by atoms with Crippen LogP contribution in [0.1, 0.15) is 39.9 Å². The highest BCUT2D eigenvalue weighted by Gasteiger charge is 2.25. The van der Waals surface area contributed by atoms with Crippen molar-refractivity contribution in [2.45, 2.75) is 25.8 Å². The van der Waals surface area contributed by atoms with Crippen molar-refractivity contribution in [3.8, 4) is 0 Å². The van der Waals surface area contributed by atoms with E-state index in [2.05, 4.69) is 5.32 Å². The molecule has 2 aromatic rings. The van der Waals surface area contributed by atoms with Crippen molar-refractivity contribution in [2.75, 3.05) is 7.11 Å². The van der Waals surface area contributed by atoms with Gasteiger partial charge in [-0.2, -0.15) is 0 Å². The third-order valence-corrected chi connectivity index (χ3v) is 4.16. The van der Waals surface area contributed by atoms with Gasteiger partial charge in [0.15, 0.2) is 0 Å². The number of methoxy groups -OCH3 is 1. The molecule has 1 aliphatic rings.